The summed E-state index contributed by atoms with van der Waals surface area (Å²) in [5.41, 5.74) is 6.21. The fraction of sp³-hybridized carbons (Fsp3) is 0.222. The molecule has 0 radical (unpaired) electrons. The molecule has 0 bridgehead atoms. The number of aromatic nitrogens is 2. The molecule has 0 aliphatic heterocycles. The number of benzene rings is 1. The quantitative estimate of drug-likeness (QED) is 0.601. The number of fused-ring (bicyclic) bond motifs is 2. The van der Waals surface area contributed by atoms with Crippen molar-refractivity contribution in [3.8, 4) is 0 Å². The van der Waals surface area contributed by atoms with Crippen molar-refractivity contribution in [1.29, 1.82) is 0 Å². The second-order valence-electron chi connectivity index (χ2n) is 6.11. The largest absolute Gasteiger partial charge is 0.290 e. The summed E-state index contributed by atoms with van der Waals surface area (Å²) in [6.45, 7) is 0. The molecule has 0 saturated heterocycles. The van der Waals surface area contributed by atoms with Crippen molar-refractivity contribution in [2.24, 2.45) is 0 Å². The van der Waals surface area contributed by atoms with E-state index in [0.29, 0.717) is 16.3 Å². The summed E-state index contributed by atoms with van der Waals surface area (Å²) in [6.07, 6.45) is 4.12. The van der Waals surface area contributed by atoms with E-state index < -0.39 is 5.91 Å². The predicted octanol–water partition coefficient (Wildman–Crippen LogP) is 1.94. The zero-order valence-electron chi connectivity index (χ0n) is 13.8. The van der Waals surface area contributed by atoms with E-state index in [0.717, 1.165) is 31.2 Å². The number of hydrogen-bond donors (Lipinski definition) is 3. The fourth-order valence-electron chi connectivity index (χ4n) is 3.21. The van der Waals surface area contributed by atoms with E-state index in [9.17, 15) is 14.4 Å². The van der Waals surface area contributed by atoms with Crippen LogP contribution in [0.1, 0.15) is 44.1 Å². The molecule has 1 aliphatic rings. The Morgan fingerprint density at radius 3 is 2.62 bits per heavy atom. The monoisotopic (exact) mass is 368 g/mol. The van der Waals surface area contributed by atoms with Crippen molar-refractivity contribution < 1.29 is 9.59 Å². The zero-order chi connectivity index (χ0) is 18.1. The molecule has 3 aromatic rings. The van der Waals surface area contributed by atoms with Crippen molar-refractivity contribution in [2.75, 3.05) is 0 Å². The van der Waals surface area contributed by atoms with Gasteiger partial charge in [-0.05, 0) is 37.3 Å². The average Bonchev–Trinajstić information content (AvgIpc) is 3.10. The Morgan fingerprint density at radius 2 is 1.77 bits per heavy atom. The van der Waals surface area contributed by atoms with Crippen LogP contribution in [-0.2, 0) is 12.8 Å². The number of aromatic amines is 1. The molecule has 0 atom stereocenters. The molecular weight excluding hydrogens is 352 g/mol. The maximum Gasteiger partial charge on any atom is 0.290 e. The summed E-state index contributed by atoms with van der Waals surface area (Å²) in [4.78, 5) is 37.9. The van der Waals surface area contributed by atoms with Crippen molar-refractivity contribution >= 4 is 33.9 Å². The van der Waals surface area contributed by atoms with Gasteiger partial charge in [0, 0.05) is 15.6 Å². The predicted molar refractivity (Wildman–Crippen MR) is 98.3 cm³/mol. The Kier molecular flexibility index (Phi) is 4.26. The lowest BCUT2D eigenvalue weighted by atomic mass is 9.96. The summed E-state index contributed by atoms with van der Waals surface area (Å²) in [6, 6.07) is 6.68. The van der Waals surface area contributed by atoms with Gasteiger partial charge in [-0.15, -0.1) is 11.3 Å². The summed E-state index contributed by atoms with van der Waals surface area (Å²) in [5.74, 6) is -0.929. The number of hydrogen-bond acceptors (Lipinski definition) is 5. The molecule has 0 saturated carbocycles. The van der Waals surface area contributed by atoms with E-state index in [1.54, 1.807) is 35.6 Å². The van der Waals surface area contributed by atoms with Crippen LogP contribution in [0.3, 0.4) is 0 Å². The van der Waals surface area contributed by atoms with Crippen LogP contribution in [0.25, 0.3) is 10.8 Å². The molecule has 0 fully saturated rings. The number of thiophene rings is 1. The van der Waals surface area contributed by atoms with Gasteiger partial charge in [0.1, 0.15) is 0 Å². The molecule has 3 N–H and O–H groups in total. The number of carbonyl (C=O) groups excluding carboxylic acids is 2. The standard InChI is InChI=1S/C18H16N4O3S/c23-16-12-7-2-1-6-11(12)15(19-20-16)18(25)22-21-17(24)13-9-26-14-8-4-3-5-10(13)14/h1-2,6-7,9H,3-5,8H2,(H,20,23)(H,21,24)(H,22,25). The molecule has 2 heterocycles. The molecule has 0 spiro atoms. The first-order valence-corrected chi connectivity index (χ1v) is 9.20. The van der Waals surface area contributed by atoms with E-state index in [-0.39, 0.29) is 17.2 Å². The lowest BCUT2D eigenvalue weighted by Gasteiger charge is -2.13. The van der Waals surface area contributed by atoms with Crippen molar-refractivity contribution in [1.82, 2.24) is 21.0 Å². The minimum absolute atomic E-state index is 0.0489. The molecule has 26 heavy (non-hydrogen) atoms. The van der Waals surface area contributed by atoms with E-state index in [1.807, 2.05) is 5.38 Å². The smallest absolute Gasteiger partial charge is 0.267 e. The van der Waals surface area contributed by atoms with Crippen LogP contribution < -0.4 is 16.4 Å². The van der Waals surface area contributed by atoms with Crippen LogP contribution in [0.15, 0.2) is 34.4 Å². The van der Waals surface area contributed by atoms with E-state index in [2.05, 4.69) is 21.0 Å². The highest BCUT2D eigenvalue weighted by atomic mass is 32.1. The Bertz CT molecular complexity index is 1070. The van der Waals surface area contributed by atoms with E-state index in [1.165, 1.54) is 4.88 Å². The number of hydrazine groups is 1. The first kappa shape index (κ1) is 16.5. The van der Waals surface area contributed by atoms with E-state index >= 15 is 0 Å². The number of aryl methyl sites for hydroxylation is 1. The zero-order valence-corrected chi connectivity index (χ0v) is 14.6. The Morgan fingerprint density at radius 1 is 1.04 bits per heavy atom. The lowest BCUT2D eigenvalue weighted by Crippen LogP contribution is -2.42. The maximum absolute atomic E-state index is 12.4. The molecule has 0 unspecified atom stereocenters. The van der Waals surface area contributed by atoms with Gasteiger partial charge in [0.05, 0.1) is 10.9 Å². The first-order valence-electron chi connectivity index (χ1n) is 8.32. The SMILES string of the molecule is O=C(NNC(=O)c1n[nH]c(=O)c2ccccc12)c1csc2c1CCCC2. The lowest BCUT2D eigenvalue weighted by molar-refractivity contribution is 0.0844. The summed E-state index contributed by atoms with van der Waals surface area (Å²) in [5, 5.41) is 8.75. The van der Waals surface area contributed by atoms with Crippen LogP contribution in [0.2, 0.25) is 0 Å². The highest BCUT2D eigenvalue weighted by molar-refractivity contribution is 7.10. The summed E-state index contributed by atoms with van der Waals surface area (Å²) >= 11 is 1.59. The second-order valence-corrected chi connectivity index (χ2v) is 7.08. The molecule has 2 aromatic heterocycles. The van der Waals surface area contributed by atoms with Crippen LogP contribution in [-0.4, -0.2) is 22.0 Å². The molecule has 132 valence electrons. The molecular formula is C18H16N4O3S. The van der Waals surface area contributed by atoms with Gasteiger partial charge in [-0.2, -0.15) is 5.10 Å². The normalized spacial score (nSPS) is 13.2. The van der Waals surface area contributed by atoms with Gasteiger partial charge in [-0.1, -0.05) is 18.2 Å². The summed E-state index contributed by atoms with van der Waals surface area (Å²) < 4.78 is 0. The number of H-pyrrole nitrogens is 1. The van der Waals surface area contributed by atoms with Crippen LogP contribution in [0, 0.1) is 0 Å². The van der Waals surface area contributed by atoms with Crippen LogP contribution in [0.4, 0.5) is 0 Å². The number of carbonyl (C=O) groups is 2. The Labute approximate surface area is 152 Å². The van der Waals surface area contributed by atoms with Crippen LogP contribution >= 0.6 is 11.3 Å². The third kappa shape index (κ3) is 2.88. The third-order valence-electron chi connectivity index (χ3n) is 4.51. The first-order chi connectivity index (χ1) is 12.6. The Balaban J connectivity index is 1.53. The van der Waals surface area contributed by atoms with Gasteiger partial charge in [-0.3, -0.25) is 25.2 Å². The van der Waals surface area contributed by atoms with Gasteiger partial charge in [-0.25, -0.2) is 5.10 Å². The average molecular weight is 368 g/mol. The number of rotatable bonds is 2. The van der Waals surface area contributed by atoms with Crippen LogP contribution in [0.5, 0.6) is 0 Å². The van der Waals surface area contributed by atoms with Gasteiger partial charge in [0.25, 0.3) is 17.4 Å². The Hall–Kier alpha value is -3.00. The summed E-state index contributed by atoms with van der Waals surface area (Å²) in [7, 11) is 0. The van der Waals surface area contributed by atoms with Gasteiger partial charge in [0.2, 0.25) is 0 Å². The van der Waals surface area contributed by atoms with Crippen molar-refractivity contribution in [2.45, 2.75) is 25.7 Å². The number of nitrogens with one attached hydrogen (secondary N) is 3. The van der Waals surface area contributed by atoms with Crippen molar-refractivity contribution in [3.63, 3.8) is 0 Å². The molecule has 7 nitrogen and oxygen atoms in total. The van der Waals surface area contributed by atoms with E-state index in [4.69, 9.17) is 0 Å². The maximum atomic E-state index is 12.4. The number of amides is 2. The molecule has 1 aliphatic carbocycles. The fourth-order valence-corrected chi connectivity index (χ4v) is 4.34. The third-order valence-corrected chi connectivity index (χ3v) is 5.60. The highest BCUT2D eigenvalue weighted by Gasteiger charge is 2.21. The second kappa shape index (κ2) is 6.72. The minimum Gasteiger partial charge on any atom is -0.267 e. The molecule has 2 amide bonds. The van der Waals surface area contributed by atoms with Gasteiger partial charge < -0.3 is 0 Å². The topological polar surface area (TPSA) is 104 Å². The molecule has 4 rings (SSSR count). The van der Waals surface area contributed by atoms with Crippen molar-refractivity contribution in [3.05, 3.63) is 61.7 Å². The van der Waals surface area contributed by atoms with Gasteiger partial charge in [0.15, 0.2) is 5.69 Å². The highest BCUT2D eigenvalue weighted by Crippen LogP contribution is 2.30. The molecule has 8 heteroatoms. The number of nitrogens with zero attached hydrogens (tertiary/aromatic N) is 1. The molecule has 1 aromatic carbocycles. The minimum atomic E-state index is -0.588. The van der Waals surface area contributed by atoms with Gasteiger partial charge >= 0.3 is 0 Å².